The van der Waals surface area contributed by atoms with Gasteiger partial charge in [0.25, 0.3) is 0 Å². The Kier molecular flexibility index (Phi) is 6.39. The number of carbonyl (C=O) groups excluding carboxylic acids is 1. The van der Waals surface area contributed by atoms with Crippen molar-refractivity contribution in [1.82, 2.24) is 0 Å². The van der Waals surface area contributed by atoms with Crippen molar-refractivity contribution < 1.29 is 18.7 Å². The standard InChI is InChI=1S/C20H24O5/c1-5-23-19(21)7-6-15-11-16-14(4)10-20(22)25-18(16)12-17(15)24-9-8-13(2)3/h8,10-12H,5-7,9H2,1-4H3. The second-order valence-electron chi connectivity index (χ2n) is 6.10. The predicted octanol–water partition coefficient (Wildman–Crippen LogP) is 3.94. The van der Waals surface area contributed by atoms with Gasteiger partial charge in [-0.15, -0.1) is 0 Å². The zero-order valence-corrected chi connectivity index (χ0v) is 15.2. The largest absolute Gasteiger partial charge is 0.489 e. The van der Waals surface area contributed by atoms with Crippen LogP contribution in [0.2, 0.25) is 0 Å². The van der Waals surface area contributed by atoms with Gasteiger partial charge in [0, 0.05) is 23.9 Å². The van der Waals surface area contributed by atoms with Gasteiger partial charge in [0.1, 0.15) is 17.9 Å². The highest BCUT2D eigenvalue weighted by atomic mass is 16.5. The highest BCUT2D eigenvalue weighted by molar-refractivity contribution is 5.83. The minimum Gasteiger partial charge on any atom is -0.489 e. The lowest BCUT2D eigenvalue weighted by molar-refractivity contribution is -0.143. The summed E-state index contributed by atoms with van der Waals surface area (Å²) < 4.78 is 16.1. The molecule has 0 unspecified atom stereocenters. The first-order valence-electron chi connectivity index (χ1n) is 8.40. The van der Waals surface area contributed by atoms with E-state index < -0.39 is 0 Å². The highest BCUT2D eigenvalue weighted by Gasteiger charge is 2.12. The number of fused-ring (bicyclic) bond motifs is 1. The van der Waals surface area contributed by atoms with Gasteiger partial charge in [0.05, 0.1) is 6.61 Å². The number of carbonyl (C=O) groups is 1. The summed E-state index contributed by atoms with van der Waals surface area (Å²) in [5.74, 6) is 0.372. The normalized spacial score (nSPS) is 10.6. The number of benzene rings is 1. The predicted molar refractivity (Wildman–Crippen MR) is 97.1 cm³/mol. The molecule has 1 aromatic heterocycles. The highest BCUT2D eigenvalue weighted by Crippen LogP contribution is 2.28. The first-order valence-corrected chi connectivity index (χ1v) is 8.40. The van der Waals surface area contributed by atoms with Crippen LogP contribution in [0.1, 0.15) is 38.3 Å². The zero-order valence-electron chi connectivity index (χ0n) is 15.2. The van der Waals surface area contributed by atoms with Gasteiger partial charge in [-0.1, -0.05) is 5.57 Å². The molecule has 1 heterocycles. The fourth-order valence-electron chi connectivity index (χ4n) is 2.49. The Morgan fingerprint density at radius 2 is 2.00 bits per heavy atom. The molecule has 2 aromatic rings. The lowest BCUT2D eigenvalue weighted by Gasteiger charge is -2.12. The van der Waals surface area contributed by atoms with Crippen LogP contribution < -0.4 is 10.4 Å². The quantitative estimate of drug-likeness (QED) is 0.432. The Bertz CT molecular complexity index is 841. The van der Waals surface area contributed by atoms with Gasteiger partial charge < -0.3 is 13.9 Å². The van der Waals surface area contributed by atoms with E-state index in [-0.39, 0.29) is 18.0 Å². The first-order chi connectivity index (χ1) is 11.9. The van der Waals surface area contributed by atoms with E-state index in [9.17, 15) is 9.59 Å². The van der Waals surface area contributed by atoms with E-state index >= 15 is 0 Å². The van der Waals surface area contributed by atoms with Crippen molar-refractivity contribution in [3.63, 3.8) is 0 Å². The van der Waals surface area contributed by atoms with Crippen LogP contribution in [-0.4, -0.2) is 19.2 Å². The van der Waals surface area contributed by atoms with Crippen LogP contribution >= 0.6 is 0 Å². The van der Waals surface area contributed by atoms with Gasteiger partial charge >= 0.3 is 11.6 Å². The summed E-state index contributed by atoms with van der Waals surface area (Å²) in [6.45, 7) is 8.41. The van der Waals surface area contributed by atoms with Crippen LogP contribution in [0.15, 0.2) is 39.1 Å². The van der Waals surface area contributed by atoms with E-state index in [4.69, 9.17) is 13.9 Å². The minimum absolute atomic E-state index is 0.242. The van der Waals surface area contributed by atoms with Crippen LogP contribution in [0.3, 0.4) is 0 Å². The fourth-order valence-corrected chi connectivity index (χ4v) is 2.49. The number of hydrogen-bond acceptors (Lipinski definition) is 5. The third kappa shape index (κ3) is 5.21. The molecule has 0 fully saturated rings. The third-order valence-corrected chi connectivity index (χ3v) is 3.77. The molecule has 0 aliphatic rings. The summed E-state index contributed by atoms with van der Waals surface area (Å²) in [6, 6.07) is 5.11. The first kappa shape index (κ1) is 18.8. The molecule has 2 rings (SSSR count). The van der Waals surface area contributed by atoms with E-state index in [1.165, 1.54) is 6.07 Å². The molecule has 5 heteroatoms. The number of aryl methyl sites for hydroxylation is 2. The molecule has 0 saturated carbocycles. The molecule has 0 amide bonds. The van der Waals surface area contributed by atoms with E-state index in [1.54, 1.807) is 13.0 Å². The molecule has 0 atom stereocenters. The summed E-state index contributed by atoms with van der Waals surface area (Å²) in [7, 11) is 0. The summed E-state index contributed by atoms with van der Waals surface area (Å²) in [4.78, 5) is 23.3. The van der Waals surface area contributed by atoms with Crippen molar-refractivity contribution in [3.05, 3.63) is 51.4 Å². The van der Waals surface area contributed by atoms with Crippen molar-refractivity contribution in [2.45, 2.75) is 40.5 Å². The zero-order chi connectivity index (χ0) is 18.4. The lowest BCUT2D eigenvalue weighted by atomic mass is 10.0. The molecule has 0 saturated heterocycles. The maximum atomic E-state index is 11.7. The third-order valence-electron chi connectivity index (χ3n) is 3.77. The maximum absolute atomic E-state index is 11.7. The summed E-state index contributed by atoms with van der Waals surface area (Å²) in [6.07, 6.45) is 2.73. The summed E-state index contributed by atoms with van der Waals surface area (Å²) in [5, 5.41) is 0.841. The van der Waals surface area contributed by atoms with Crippen LogP contribution in [-0.2, 0) is 16.0 Å². The van der Waals surface area contributed by atoms with Crippen molar-refractivity contribution >= 4 is 16.9 Å². The molecule has 5 nitrogen and oxygen atoms in total. The minimum atomic E-state index is -0.389. The SMILES string of the molecule is CCOC(=O)CCc1cc2c(C)cc(=O)oc2cc1OCC=C(C)C. The van der Waals surface area contributed by atoms with Gasteiger partial charge in [-0.05, 0) is 57.4 Å². The number of esters is 1. The number of hydrogen-bond donors (Lipinski definition) is 0. The molecule has 0 aliphatic heterocycles. The number of allylic oxidation sites excluding steroid dienone is 1. The molecule has 0 spiro atoms. The van der Waals surface area contributed by atoms with Crippen LogP contribution in [0.4, 0.5) is 0 Å². The average molecular weight is 344 g/mol. The van der Waals surface area contributed by atoms with Gasteiger partial charge in [0.15, 0.2) is 0 Å². The Morgan fingerprint density at radius 3 is 2.68 bits per heavy atom. The molecule has 0 radical (unpaired) electrons. The molecule has 1 aromatic carbocycles. The van der Waals surface area contributed by atoms with Gasteiger partial charge in [-0.25, -0.2) is 4.79 Å². The molecule has 0 N–H and O–H groups in total. The second-order valence-corrected chi connectivity index (χ2v) is 6.10. The van der Waals surface area contributed by atoms with Gasteiger partial charge in [-0.2, -0.15) is 0 Å². The van der Waals surface area contributed by atoms with Gasteiger partial charge in [-0.3, -0.25) is 4.79 Å². The Hall–Kier alpha value is -2.56. The average Bonchev–Trinajstić information content (AvgIpc) is 2.53. The van der Waals surface area contributed by atoms with Crippen molar-refractivity contribution in [1.29, 1.82) is 0 Å². The molecular formula is C20H24O5. The molecular weight excluding hydrogens is 320 g/mol. The van der Waals surface area contributed by atoms with Crippen molar-refractivity contribution in [3.8, 4) is 5.75 Å². The monoisotopic (exact) mass is 344 g/mol. The number of ether oxygens (including phenoxy) is 2. The molecule has 134 valence electrons. The lowest BCUT2D eigenvalue weighted by Crippen LogP contribution is -2.07. The fraction of sp³-hybridized carbons (Fsp3) is 0.400. The van der Waals surface area contributed by atoms with E-state index in [2.05, 4.69) is 0 Å². The molecule has 25 heavy (non-hydrogen) atoms. The Labute approximate surface area is 147 Å². The van der Waals surface area contributed by atoms with E-state index in [0.29, 0.717) is 31.0 Å². The maximum Gasteiger partial charge on any atom is 0.336 e. The van der Waals surface area contributed by atoms with E-state index in [0.717, 1.165) is 22.1 Å². The Balaban J connectivity index is 2.38. The molecule has 0 aliphatic carbocycles. The Morgan fingerprint density at radius 1 is 1.24 bits per heavy atom. The van der Waals surface area contributed by atoms with Crippen molar-refractivity contribution in [2.24, 2.45) is 0 Å². The topological polar surface area (TPSA) is 65.7 Å². The molecule has 0 bridgehead atoms. The van der Waals surface area contributed by atoms with Crippen molar-refractivity contribution in [2.75, 3.05) is 13.2 Å². The van der Waals surface area contributed by atoms with Gasteiger partial charge in [0.2, 0.25) is 0 Å². The summed E-state index contributed by atoms with van der Waals surface area (Å²) in [5.41, 5.74) is 2.96. The number of rotatable bonds is 7. The summed E-state index contributed by atoms with van der Waals surface area (Å²) >= 11 is 0. The van der Waals surface area contributed by atoms with Crippen LogP contribution in [0.5, 0.6) is 5.75 Å². The second kappa shape index (κ2) is 8.51. The van der Waals surface area contributed by atoms with Crippen LogP contribution in [0, 0.1) is 6.92 Å². The van der Waals surface area contributed by atoms with E-state index in [1.807, 2.05) is 32.9 Å². The smallest absolute Gasteiger partial charge is 0.336 e. The van der Waals surface area contributed by atoms with Crippen LogP contribution in [0.25, 0.3) is 11.0 Å².